The first-order valence-electron chi connectivity index (χ1n) is 16.2. The van der Waals surface area contributed by atoms with Gasteiger partial charge in [-0.15, -0.1) is 11.3 Å². The van der Waals surface area contributed by atoms with Crippen LogP contribution < -0.4 is 0 Å². The third-order valence-electron chi connectivity index (χ3n) is 9.86. The smallest absolute Gasteiger partial charge is 0.0758 e. The van der Waals surface area contributed by atoms with Gasteiger partial charge in [0.05, 0.1) is 17.8 Å². The van der Waals surface area contributed by atoms with Crippen molar-refractivity contribution >= 4 is 81.8 Å². The average Bonchev–Trinajstić information content (AvgIpc) is 3.26. The lowest BCUT2D eigenvalue weighted by Crippen LogP contribution is -1.96. The minimum atomic E-state index is 0.622. The van der Waals surface area contributed by atoms with Crippen molar-refractivity contribution in [2.75, 3.05) is 0 Å². The van der Waals surface area contributed by atoms with Crippen LogP contribution in [0.2, 0.25) is 0 Å². The van der Waals surface area contributed by atoms with Gasteiger partial charge in [0.2, 0.25) is 0 Å². The van der Waals surface area contributed by atoms with Crippen LogP contribution in [0.4, 0.5) is 0 Å². The number of nitrogens with zero attached hydrogens (tertiary/aromatic N) is 2. The van der Waals surface area contributed by atoms with Crippen molar-refractivity contribution in [3.63, 3.8) is 0 Å². The van der Waals surface area contributed by atoms with Crippen molar-refractivity contribution in [1.29, 1.82) is 0 Å². The highest BCUT2D eigenvalue weighted by molar-refractivity contribution is 7.25. The van der Waals surface area contributed by atoms with Gasteiger partial charge in [-0.1, -0.05) is 109 Å². The van der Waals surface area contributed by atoms with Crippen molar-refractivity contribution < 1.29 is 0 Å². The molecule has 0 amide bonds. The molecule has 6 aromatic carbocycles. The van der Waals surface area contributed by atoms with Crippen molar-refractivity contribution in [1.82, 2.24) is 4.98 Å². The summed E-state index contributed by atoms with van der Waals surface area (Å²) in [5.41, 5.74) is 10.8. The van der Waals surface area contributed by atoms with Crippen molar-refractivity contribution in [2.24, 2.45) is 4.99 Å². The zero-order valence-electron chi connectivity index (χ0n) is 25.6. The number of hydrogen-bond acceptors (Lipinski definition) is 3. The fraction of sp³-hybridized carbons (Fsp3) is 0.0455. The second-order valence-corrected chi connectivity index (χ2v) is 13.5. The van der Waals surface area contributed by atoms with Gasteiger partial charge in [0.1, 0.15) is 0 Å². The Morgan fingerprint density at radius 3 is 2.23 bits per heavy atom. The monoisotopic (exact) mass is 616 g/mol. The predicted octanol–water partition coefficient (Wildman–Crippen LogP) is 11.7. The van der Waals surface area contributed by atoms with E-state index < -0.39 is 0 Å². The van der Waals surface area contributed by atoms with Crippen molar-refractivity contribution in [3.8, 4) is 11.1 Å². The number of aliphatic imine (C=N–C) groups is 1. The summed E-state index contributed by atoms with van der Waals surface area (Å²) in [5.74, 6) is 0. The molecule has 3 heteroatoms. The van der Waals surface area contributed by atoms with Crippen LogP contribution >= 0.6 is 11.3 Å². The Kier molecular flexibility index (Phi) is 5.91. The van der Waals surface area contributed by atoms with Gasteiger partial charge in [0, 0.05) is 42.9 Å². The van der Waals surface area contributed by atoms with E-state index >= 15 is 0 Å². The van der Waals surface area contributed by atoms with Crippen LogP contribution in [0.1, 0.15) is 27.8 Å². The van der Waals surface area contributed by atoms with Crippen LogP contribution in [0.15, 0.2) is 139 Å². The van der Waals surface area contributed by atoms with Crippen LogP contribution in [0.25, 0.3) is 75.9 Å². The number of hydrogen-bond donors (Lipinski definition) is 0. The third kappa shape index (κ3) is 4.24. The standard InChI is InChI=1S/C44H28N2S/c1-2-8-32-33-10-4-5-11-35(33)39-23-29(14-18-36(39)34(32)9-3-1)30-15-19-37-38-20-16-31(25-43(38)47-42(37)24-30)41-21-17-27-12-13-28-7-6-22-45-44(28)40(27)26-46-41/h1-7,9-25H,8,26H2. The minimum Gasteiger partial charge on any atom is -0.280 e. The first-order valence-corrected chi connectivity index (χ1v) is 17.0. The zero-order chi connectivity index (χ0) is 30.9. The molecule has 3 heterocycles. The SMILES string of the molecule is C1=CCc2c(c3ccc(-c4ccc5c(c4)sc4cc(C6=NCc7c(ccc8cccnc78)C=C6)ccc45)cc3c3ccccc23)C=C1. The van der Waals surface area contributed by atoms with Gasteiger partial charge in [-0.25, -0.2) is 0 Å². The molecule has 0 atom stereocenters. The highest BCUT2D eigenvalue weighted by Gasteiger charge is 2.16. The van der Waals surface area contributed by atoms with Gasteiger partial charge in [-0.05, 0) is 86.1 Å². The average molecular weight is 617 g/mol. The number of benzene rings is 6. The molecule has 0 bridgehead atoms. The molecule has 2 nitrogen and oxygen atoms in total. The lowest BCUT2D eigenvalue weighted by Gasteiger charge is -2.15. The number of aromatic nitrogens is 1. The van der Waals surface area contributed by atoms with E-state index in [9.17, 15) is 0 Å². The maximum absolute atomic E-state index is 5.06. The lowest BCUT2D eigenvalue weighted by atomic mass is 9.89. The Labute approximate surface area is 276 Å². The molecular formula is C44H28N2S. The molecule has 1 aliphatic heterocycles. The molecule has 1 aliphatic carbocycles. The summed E-state index contributed by atoms with van der Waals surface area (Å²) in [6.45, 7) is 0.622. The second kappa shape index (κ2) is 10.4. The minimum absolute atomic E-state index is 0.622. The molecule has 0 N–H and O–H groups in total. The fourth-order valence-electron chi connectivity index (χ4n) is 7.53. The van der Waals surface area contributed by atoms with E-state index in [0.717, 1.165) is 28.6 Å². The highest BCUT2D eigenvalue weighted by Crippen LogP contribution is 2.40. The van der Waals surface area contributed by atoms with Crippen LogP contribution in [0.5, 0.6) is 0 Å². The normalized spacial score (nSPS) is 14.1. The van der Waals surface area contributed by atoms with E-state index in [1.54, 1.807) is 0 Å². The molecule has 0 spiro atoms. The highest BCUT2D eigenvalue weighted by atomic mass is 32.1. The quantitative estimate of drug-likeness (QED) is 0.177. The molecule has 0 radical (unpaired) electrons. The summed E-state index contributed by atoms with van der Waals surface area (Å²) >= 11 is 1.87. The third-order valence-corrected chi connectivity index (χ3v) is 11.0. The molecule has 47 heavy (non-hydrogen) atoms. The van der Waals surface area contributed by atoms with E-state index in [-0.39, 0.29) is 0 Å². The molecule has 2 aromatic heterocycles. The van der Waals surface area contributed by atoms with Crippen LogP contribution in [-0.4, -0.2) is 10.7 Å². The topological polar surface area (TPSA) is 25.2 Å². The Balaban J connectivity index is 1.05. The molecule has 8 aromatic rings. The molecule has 0 saturated carbocycles. The first kappa shape index (κ1) is 26.6. The number of thiophene rings is 1. The maximum atomic E-state index is 5.06. The van der Waals surface area contributed by atoms with E-state index in [2.05, 4.69) is 139 Å². The Bertz CT molecular complexity index is 2740. The number of fused-ring (bicyclic) bond motifs is 12. The van der Waals surface area contributed by atoms with Gasteiger partial charge in [0.15, 0.2) is 0 Å². The van der Waals surface area contributed by atoms with Gasteiger partial charge in [-0.3, -0.25) is 9.98 Å². The molecule has 0 saturated heterocycles. The van der Waals surface area contributed by atoms with Crippen molar-refractivity contribution in [2.45, 2.75) is 13.0 Å². The molecule has 0 unspecified atom stereocenters. The molecule has 0 fully saturated rings. The number of allylic oxidation sites excluding steroid dienone is 4. The molecule has 10 rings (SSSR count). The fourth-order valence-corrected chi connectivity index (χ4v) is 8.71. The van der Waals surface area contributed by atoms with Crippen LogP contribution in [0.3, 0.4) is 0 Å². The number of pyridine rings is 1. The molecular weight excluding hydrogens is 589 g/mol. The van der Waals surface area contributed by atoms with Gasteiger partial charge < -0.3 is 0 Å². The first-order chi connectivity index (χ1) is 23.3. The number of rotatable bonds is 2. The summed E-state index contributed by atoms with van der Waals surface area (Å²) in [6.07, 6.45) is 16.0. The van der Waals surface area contributed by atoms with Crippen molar-refractivity contribution in [3.05, 3.63) is 161 Å². The van der Waals surface area contributed by atoms with E-state index in [1.807, 2.05) is 23.6 Å². The van der Waals surface area contributed by atoms with Crippen LogP contribution in [0, 0.1) is 0 Å². The lowest BCUT2D eigenvalue weighted by molar-refractivity contribution is 1.08. The largest absolute Gasteiger partial charge is 0.280 e. The van der Waals surface area contributed by atoms with Gasteiger partial charge in [0.25, 0.3) is 0 Å². The van der Waals surface area contributed by atoms with Gasteiger partial charge >= 0.3 is 0 Å². The summed E-state index contributed by atoms with van der Waals surface area (Å²) in [6, 6.07) is 38.1. The van der Waals surface area contributed by atoms with Gasteiger partial charge in [-0.2, -0.15) is 0 Å². The predicted molar refractivity (Wildman–Crippen MR) is 203 cm³/mol. The van der Waals surface area contributed by atoms with E-state index in [4.69, 9.17) is 4.99 Å². The summed E-state index contributed by atoms with van der Waals surface area (Å²) in [5, 5.41) is 9.06. The molecule has 220 valence electrons. The summed E-state index contributed by atoms with van der Waals surface area (Å²) < 4.78 is 2.59. The summed E-state index contributed by atoms with van der Waals surface area (Å²) in [7, 11) is 0. The zero-order valence-corrected chi connectivity index (χ0v) is 26.4. The maximum Gasteiger partial charge on any atom is 0.0758 e. The van der Waals surface area contributed by atoms with Crippen LogP contribution in [-0.2, 0) is 13.0 Å². The second-order valence-electron chi connectivity index (χ2n) is 12.5. The Hall–Kier alpha value is -5.64. The van der Waals surface area contributed by atoms with E-state index in [0.29, 0.717) is 6.54 Å². The summed E-state index contributed by atoms with van der Waals surface area (Å²) in [4.78, 5) is 9.73. The van der Waals surface area contributed by atoms with E-state index in [1.165, 1.54) is 75.1 Å². The Morgan fingerprint density at radius 1 is 0.553 bits per heavy atom. The Morgan fingerprint density at radius 2 is 1.34 bits per heavy atom. The molecule has 2 aliphatic rings.